The monoisotopic (exact) mass is 264 g/mol. The first-order chi connectivity index (χ1) is 8.81. The molecule has 3 atom stereocenters. The van der Waals surface area contributed by atoms with Crippen LogP contribution in [0.3, 0.4) is 0 Å². The molecule has 0 bridgehead atoms. The molecule has 0 saturated carbocycles. The summed E-state index contributed by atoms with van der Waals surface area (Å²) >= 11 is 1.81. The largest absolute Gasteiger partial charge is 0.377 e. The number of fused-ring (bicyclic) bond motifs is 1. The van der Waals surface area contributed by atoms with Gasteiger partial charge < -0.3 is 4.74 Å². The van der Waals surface area contributed by atoms with E-state index in [2.05, 4.69) is 18.4 Å². The maximum absolute atomic E-state index is 12.8. The molecule has 1 saturated heterocycles. The van der Waals surface area contributed by atoms with Crippen molar-refractivity contribution in [3.8, 4) is 0 Å². The highest BCUT2D eigenvalue weighted by Crippen LogP contribution is 2.39. The van der Waals surface area contributed by atoms with Gasteiger partial charge in [0.25, 0.3) is 0 Å². The number of Topliss-reactive ketones (excluding diaryl/α,β-unsaturated/α-hetero) is 1. The second kappa shape index (κ2) is 5.14. The predicted molar refractivity (Wildman–Crippen MR) is 73.1 cm³/mol. The van der Waals surface area contributed by atoms with Crippen LogP contribution >= 0.6 is 11.3 Å². The van der Waals surface area contributed by atoms with Crippen molar-refractivity contribution in [3.05, 3.63) is 21.9 Å². The van der Waals surface area contributed by atoms with Crippen LogP contribution in [0, 0.1) is 5.92 Å². The highest BCUT2D eigenvalue weighted by molar-refractivity contribution is 7.10. The Morgan fingerprint density at radius 1 is 1.50 bits per heavy atom. The van der Waals surface area contributed by atoms with E-state index in [-0.39, 0.29) is 17.9 Å². The van der Waals surface area contributed by atoms with E-state index in [4.69, 9.17) is 4.74 Å². The highest BCUT2D eigenvalue weighted by atomic mass is 32.1. The number of rotatable bonds is 3. The van der Waals surface area contributed by atoms with Crippen molar-refractivity contribution in [2.24, 2.45) is 5.92 Å². The van der Waals surface area contributed by atoms with Crippen LogP contribution in [0.25, 0.3) is 0 Å². The molecular formula is C15H20O2S. The van der Waals surface area contributed by atoms with Gasteiger partial charge in [0.15, 0.2) is 0 Å². The van der Waals surface area contributed by atoms with Crippen LogP contribution in [-0.2, 0) is 16.0 Å². The fourth-order valence-corrected chi connectivity index (χ4v) is 4.40. The van der Waals surface area contributed by atoms with Gasteiger partial charge in [-0.2, -0.15) is 0 Å². The molecule has 2 aliphatic rings. The molecular weight excluding hydrogens is 244 g/mol. The number of hydrogen-bond acceptors (Lipinski definition) is 3. The second-order valence-corrected chi connectivity index (χ2v) is 6.36. The Morgan fingerprint density at radius 2 is 2.39 bits per heavy atom. The molecule has 1 aliphatic heterocycles. The zero-order valence-corrected chi connectivity index (χ0v) is 11.7. The lowest BCUT2D eigenvalue weighted by molar-refractivity contribution is -0.126. The highest BCUT2D eigenvalue weighted by Gasteiger charge is 2.38. The lowest BCUT2D eigenvalue weighted by Crippen LogP contribution is -2.29. The lowest BCUT2D eigenvalue weighted by Gasteiger charge is -2.25. The number of carbonyl (C=O) groups is 1. The number of ether oxygens (including phenoxy) is 1. The van der Waals surface area contributed by atoms with E-state index in [1.54, 1.807) is 0 Å². The maximum Gasteiger partial charge on any atom is 0.146 e. The summed E-state index contributed by atoms with van der Waals surface area (Å²) in [5.41, 5.74) is 1.32. The van der Waals surface area contributed by atoms with Gasteiger partial charge >= 0.3 is 0 Å². The van der Waals surface area contributed by atoms with E-state index in [1.807, 2.05) is 11.3 Å². The average molecular weight is 264 g/mol. The summed E-state index contributed by atoms with van der Waals surface area (Å²) in [6.45, 7) is 2.88. The Morgan fingerprint density at radius 3 is 3.22 bits per heavy atom. The molecule has 2 heterocycles. The van der Waals surface area contributed by atoms with Crippen molar-refractivity contribution in [1.82, 2.24) is 0 Å². The lowest BCUT2D eigenvalue weighted by atomic mass is 9.78. The van der Waals surface area contributed by atoms with Crippen molar-refractivity contribution in [2.45, 2.75) is 51.0 Å². The van der Waals surface area contributed by atoms with Crippen molar-refractivity contribution < 1.29 is 9.53 Å². The molecule has 18 heavy (non-hydrogen) atoms. The molecule has 3 rings (SSSR count). The van der Waals surface area contributed by atoms with Crippen LogP contribution < -0.4 is 0 Å². The molecule has 0 aromatic carbocycles. The first kappa shape index (κ1) is 12.4. The number of aryl methyl sites for hydroxylation is 1. The fourth-order valence-electron chi connectivity index (χ4n) is 3.42. The van der Waals surface area contributed by atoms with Crippen LogP contribution in [0.1, 0.15) is 49.0 Å². The Bertz CT molecular complexity index is 437. The minimum Gasteiger partial charge on any atom is -0.377 e. The molecule has 98 valence electrons. The molecule has 0 N–H and O–H groups in total. The zero-order valence-electron chi connectivity index (χ0n) is 10.9. The maximum atomic E-state index is 12.8. The Labute approximate surface area is 112 Å². The molecule has 1 aromatic rings. The van der Waals surface area contributed by atoms with Crippen LogP contribution in [0.2, 0.25) is 0 Å². The number of hydrogen-bond donors (Lipinski definition) is 0. The average Bonchev–Trinajstić information content (AvgIpc) is 3.05. The summed E-state index contributed by atoms with van der Waals surface area (Å²) in [5.74, 6) is 0.741. The summed E-state index contributed by atoms with van der Waals surface area (Å²) in [7, 11) is 0. The fraction of sp³-hybridized carbons (Fsp3) is 0.667. The number of thiophene rings is 1. The SMILES string of the molecule is CCC1OCCC1C(=O)C1CCCc2sccc21. The predicted octanol–water partition coefficient (Wildman–Crippen LogP) is 3.55. The normalized spacial score (nSPS) is 31.3. The van der Waals surface area contributed by atoms with Crippen LogP contribution in [0.15, 0.2) is 11.4 Å². The summed E-state index contributed by atoms with van der Waals surface area (Å²) in [5, 5.41) is 2.14. The summed E-state index contributed by atoms with van der Waals surface area (Å²) in [6, 6.07) is 2.17. The molecule has 0 amide bonds. The Balaban J connectivity index is 1.82. The molecule has 3 heteroatoms. The molecule has 0 spiro atoms. The molecule has 0 radical (unpaired) electrons. The standard InChI is InChI=1S/C15H20O2S/c1-2-13-12(6-8-17-13)15(16)11-4-3-5-14-10(11)7-9-18-14/h7,9,11-13H,2-6,8H2,1H3. The van der Waals surface area contributed by atoms with E-state index in [9.17, 15) is 4.79 Å². The van der Waals surface area contributed by atoms with Gasteiger partial charge in [-0.1, -0.05) is 6.92 Å². The van der Waals surface area contributed by atoms with Crippen LogP contribution in [-0.4, -0.2) is 18.5 Å². The zero-order chi connectivity index (χ0) is 12.5. The van der Waals surface area contributed by atoms with Gasteiger partial charge in [-0.25, -0.2) is 0 Å². The van der Waals surface area contributed by atoms with Crippen molar-refractivity contribution >= 4 is 17.1 Å². The van der Waals surface area contributed by atoms with E-state index in [0.29, 0.717) is 5.78 Å². The third kappa shape index (κ3) is 2.04. The number of carbonyl (C=O) groups excluding carboxylic acids is 1. The van der Waals surface area contributed by atoms with Gasteiger partial charge in [0.2, 0.25) is 0 Å². The van der Waals surface area contributed by atoms with E-state index in [0.717, 1.165) is 38.7 Å². The Hall–Kier alpha value is -0.670. The summed E-state index contributed by atoms with van der Waals surface area (Å²) < 4.78 is 5.68. The van der Waals surface area contributed by atoms with Crippen molar-refractivity contribution in [3.63, 3.8) is 0 Å². The molecule has 3 unspecified atom stereocenters. The van der Waals surface area contributed by atoms with Gasteiger partial charge in [-0.15, -0.1) is 11.3 Å². The third-order valence-corrected chi connectivity index (χ3v) is 5.37. The van der Waals surface area contributed by atoms with Crippen molar-refractivity contribution in [2.75, 3.05) is 6.61 Å². The van der Waals surface area contributed by atoms with E-state index in [1.165, 1.54) is 10.4 Å². The van der Waals surface area contributed by atoms with Gasteiger partial charge in [0.1, 0.15) is 5.78 Å². The van der Waals surface area contributed by atoms with E-state index < -0.39 is 0 Å². The van der Waals surface area contributed by atoms with Gasteiger partial charge in [0, 0.05) is 23.3 Å². The smallest absolute Gasteiger partial charge is 0.146 e. The molecule has 1 aromatic heterocycles. The van der Waals surface area contributed by atoms with Gasteiger partial charge in [0.05, 0.1) is 6.10 Å². The Kier molecular flexibility index (Phi) is 3.53. The number of ketones is 1. The summed E-state index contributed by atoms with van der Waals surface area (Å²) in [6.07, 6.45) is 5.41. The van der Waals surface area contributed by atoms with Crippen molar-refractivity contribution in [1.29, 1.82) is 0 Å². The molecule has 2 nitrogen and oxygen atoms in total. The summed E-state index contributed by atoms with van der Waals surface area (Å²) in [4.78, 5) is 14.2. The second-order valence-electron chi connectivity index (χ2n) is 5.36. The first-order valence-electron chi connectivity index (χ1n) is 7.03. The third-order valence-electron chi connectivity index (χ3n) is 4.37. The minimum atomic E-state index is 0.144. The van der Waals surface area contributed by atoms with Gasteiger partial charge in [-0.05, 0) is 49.1 Å². The van der Waals surface area contributed by atoms with Gasteiger partial charge in [-0.3, -0.25) is 4.79 Å². The molecule has 1 fully saturated rings. The minimum absolute atomic E-state index is 0.144. The van der Waals surface area contributed by atoms with Crippen LogP contribution in [0.4, 0.5) is 0 Å². The molecule has 1 aliphatic carbocycles. The first-order valence-corrected chi connectivity index (χ1v) is 7.90. The topological polar surface area (TPSA) is 26.3 Å². The quantitative estimate of drug-likeness (QED) is 0.834. The van der Waals surface area contributed by atoms with Crippen LogP contribution in [0.5, 0.6) is 0 Å². The van der Waals surface area contributed by atoms with E-state index >= 15 is 0 Å².